The molecular weight excluding hydrogens is 245 g/mol. The molecule has 0 saturated heterocycles. The van der Waals surface area contributed by atoms with Gasteiger partial charge in [0.05, 0.1) is 11.0 Å². The predicted octanol–water partition coefficient (Wildman–Crippen LogP) is 3.38. The number of aromatic amines is 1. The van der Waals surface area contributed by atoms with E-state index in [1.807, 2.05) is 13.0 Å². The number of ether oxygens (including phenoxy) is 1. The lowest BCUT2D eigenvalue weighted by Gasteiger charge is -2.05. The number of anilines is 1. The van der Waals surface area contributed by atoms with Crippen LogP contribution >= 0.6 is 0 Å². The first-order chi connectivity index (χ1) is 9.11. The second-order valence-electron chi connectivity index (χ2n) is 4.33. The lowest BCUT2D eigenvalue weighted by Crippen LogP contribution is -1.91. The molecule has 0 atom stereocenters. The molecule has 0 radical (unpaired) electrons. The summed E-state index contributed by atoms with van der Waals surface area (Å²) < 4.78 is 18.7. The average molecular weight is 257 g/mol. The molecule has 0 aliphatic carbocycles. The maximum Gasteiger partial charge on any atom is 0.300 e. The quantitative estimate of drug-likeness (QED) is 0.692. The highest BCUT2D eigenvalue weighted by atomic mass is 19.1. The SMILES string of the molecule is Cc1cc(N)ccc1Oc1nc2ccc(F)cc2[nH]1. The summed E-state index contributed by atoms with van der Waals surface area (Å²) in [6.45, 7) is 1.90. The number of H-pyrrole nitrogens is 1. The molecule has 4 nitrogen and oxygen atoms in total. The van der Waals surface area contributed by atoms with Gasteiger partial charge in [-0.25, -0.2) is 4.39 Å². The van der Waals surface area contributed by atoms with E-state index in [2.05, 4.69) is 9.97 Å². The maximum atomic E-state index is 13.1. The number of nitrogen functional groups attached to an aromatic ring is 1. The number of nitrogens with zero attached hydrogens (tertiary/aromatic N) is 1. The van der Waals surface area contributed by atoms with E-state index in [0.717, 1.165) is 5.56 Å². The maximum absolute atomic E-state index is 13.1. The summed E-state index contributed by atoms with van der Waals surface area (Å²) in [5.74, 6) is 0.347. The molecule has 0 aliphatic heterocycles. The zero-order valence-corrected chi connectivity index (χ0v) is 10.3. The number of aryl methyl sites for hydroxylation is 1. The van der Waals surface area contributed by atoms with Crippen molar-refractivity contribution in [1.29, 1.82) is 0 Å². The van der Waals surface area contributed by atoms with Gasteiger partial charge in [0.2, 0.25) is 0 Å². The summed E-state index contributed by atoms with van der Waals surface area (Å²) in [4.78, 5) is 7.16. The Labute approximate surface area is 109 Å². The van der Waals surface area contributed by atoms with Crippen LogP contribution in [0.4, 0.5) is 10.1 Å². The first-order valence-corrected chi connectivity index (χ1v) is 5.81. The van der Waals surface area contributed by atoms with Crippen molar-refractivity contribution in [2.24, 2.45) is 0 Å². The Balaban J connectivity index is 1.96. The zero-order chi connectivity index (χ0) is 13.4. The van der Waals surface area contributed by atoms with Crippen molar-refractivity contribution in [1.82, 2.24) is 9.97 Å². The number of hydrogen-bond acceptors (Lipinski definition) is 3. The van der Waals surface area contributed by atoms with Gasteiger partial charge < -0.3 is 15.5 Å². The van der Waals surface area contributed by atoms with Crippen LogP contribution in [0.5, 0.6) is 11.8 Å². The second-order valence-corrected chi connectivity index (χ2v) is 4.33. The molecule has 1 aromatic heterocycles. The van der Waals surface area contributed by atoms with Gasteiger partial charge in [0, 0.05) is 5.69 Å². The number of fused-ring (bicyclic) bond motifs is 1. The monoisotopic (exact) mass is 257 g/mol. The molecule has 0 bridgehead atoms. The van der Waals surface area contributed by atoms with Gasteiger partial charge in [0.15, 0.2) is 0 Å². The molecule has 0 aliphatic rings. The largest absolute Gasteiger partial charge is 0.425 e. The number of nitrogens with one attached hydrogen (secondary N) is 1. The summed E-state index contributed by atoms with van der Waals surface area (Å²) in [6, 6.07) is 10.0. The highest BCUT2D eigenvalue weighted by Crippen LogP contribution is 2.26. The molecule has 19 heavy (non-hydrogen) atoms. The van der Waals surface area contributed by atoms with E-state index in [1.165, 1.54) is 12.1 Å². The molecule has 0 fully saturated rings. The van der Waals surface area contributed by atoms with E-state index >= 15 is 0 Å². The lowest BCUT2D eigenvalue weighted by atomic mass is 10.2. The van der Waals surface area contributed by atoms with Crippen LogP contribution in [-0.4, -0.2) is 9.97 Å². The molecule has 0 spiro atoms. The Hall–Kier alpha value is -2.56. The van der Waals surface area contributed by atoms with E-state index in [1.54, 1.807) is 18.2 Å². The number of halogens is 1. The Bertz CT molecular complexity index is 752. The summed E-state index contributed by atoms with van der Waals surface area (Å²) in [6.07, 6.45) is 0. The van der Waals surface area contributed by atoms with Crippen LogP contribution in [0.3, 0.4) is 0 Å². The van der Waals surface area contributed by atoms with Crippen LogP contribution in [0.25, 0.3) is 11.0 Å². The van der Waals surface area contributed by atoms with Crippen LogP contribution in [0.2, 0.25) is 0 Å². The van der Waals surface area contributed by atoms with E-state index in [0.29, 0.717) is 28.5 Å². The fraction of sp³-hybridized carbons (Fsp3) is 0.0714. The fourth-order valence-corrected chi connectivity index (χ4v) is 1.90. The molecule has 96 valence electrons. The van der Waals surface area contributed by atoms with E-state index in [-0.39, 0.29) is 5.82 Å². The second kappa shape index (κ2) is 4.28. The van der Waals surface area contributed by atoms with E-state index in [4.69, 9.17) is 10.5 Å². The number of nitrogens with two attached hydrogens (primary N) is 1. The van der Waals surface area contributed by atoms with Crippen molar-refractivity contribution >= 4 is 16.7 Å². The van der Waals surface area contributed by atoms with Crippen LogP contribution in [0, 0.1) is 12.7 Å². The fourth-order valence-electron chi connectivity index (χ4n) is 1.90. The lowest BCUT2D eigenvalue weighted by molar-refractivity contribution is 0.446. The van der Waals surface area contributed by atoms with Gasteiger partial charge in [-0.1, -0.05) is 0 Å². The zero-order valence-electron chi connectivity index (χ0n) is 10.3. The summed E-state index contributed by atoms with van der Waals surface area (Å²) in [7, 11) is 0. The Morgan fingerprint density at radius 1 is 1.21 bits per heavy atom. The van der Waals surface area contributed by atoms with E-state index < -0.39 is 0 Å². The van der Waals surface area contributed by atoms with Gasteiger partial charge in [-0.05, 0) is 48.9 Å². The minimum Gasteiger partial charge on any atom is -0.425 e. The van der Waals surface area contributed by atoms with Gasteiger partial charge in [-0.2, -0.15) is 4.98 Å². The first-order valence-electron chi connectivity index (χ1n) is 5.81. The van der Waals surface area contributed by atoms with Crippen LogP contribution in [0.1, 0.15) is 5.56 Å². The number of imidazole rings is 1. The minimum atomic E-state index is -0.314. The van der Waals surface area contributed by atoms with Crippen LogP contribution in [-0.2, 0) is 0 Å². The highest BCUT2D eigenvalue weighted by Gasteiger charge is 2.07. The molecule has 1 heterocycles. The minimum absolute atomic E-state index is 0.314. The molecule has 5 heteroatoms. The van der Waals surface area contributed by atoms with Crippen LogP contribution < -0.4 is 10.5 Å². The molecule has 3 N–H and O–H groups in total. The van der Waals surface area contributed by atoms with Crippen molar-refractivity contribution < 1.29 is 9.13 Å². The third kappa shape index (κ3) is 2.22. The van der Waals surface area contributed by atoms with Gasteiger partial charge in [0.1, 0.15) is 11.6 Å². The summed E-state index contributed by atoms with van der Waals surface area (Å²) in [5, 5.41) is 0. The standard InChI is InChI=1S/C14H12FN3O/c1-8-6-10(16)3-5-13(8)19-14-17-11-4-2-9(15)7-12(11)18-14/h2-7H,16H2,1H3,(H,17,18). The summed E-state index contributed by atoms with van der Waals surface area (Å²) >= 11 is 0. The van der Waals surface area contributed by atoms with Crippen molar-refractivity contribution in [3.63, 3.8) is 0 Å². The number of benzene rings is 2. The van der Waals surface area contributed by atoms with Gasteiger partial charge in [0.25, 0.3) is 6.01 Å². The number of aromatic nitrogens is 2. The van der Waals surface area contributed by atoms with Crippen molar-refractivity contribution in [2.45, 2.75) is 6.92 Å². The molecule has 2 aromatic carbocycles. The summed E-state index contributed by atoms with van der Waals surface area (Å²) in [5.41, 5.74) is 8.52. The molecule has 3 aromatic rings. The predicted molar refractivity (Wildman–Crippen MR) is 71.7 cm³/mol. The van der Waals surface area contributed by atoms with Gasteiger partial charge in [-0.3, -0.25) is 0 Å². The van der Waals surface area contributed by atoms with Crippen LogP contribution in [0.15, 0.2) is 36.4 Å². The van der Waals surface area contributed by atoms with Crippen molar-refractivity contribution in [3.8, 4) is 11.8 Å². The van der Waals surface area contributed by atoms with Crippen molar-refractivity contribution in [3.05, 3.63) is 47.8 Å². The first kappa shape index (κ1) is 11.5. The Morgan fingerprint density at radius 3 is 2.84 bits per heavy atom. The Morgan fingerprint density at radius 2 is 2.05 bits per heavy atom. The third-order valence-electron chi connectivity index (χ3n) is 2.83. The normalized spacial score (nSPS) is 10.8. The topological polar surface area (TPSA) is 63.9 Å². The Kier molecular flexibility index (Phi) is 2.59. The smallest absolute Gasteiger partial charge is 0.300 e. The molecule has 0 unspecified atom stereocenters. The van der Waals surface area contributed by atoms with Gasteiger partial charge >= 0.3 is 0 Å². The average Bonchev–Trinajstić information content (AvgIpc) is 2.74. The van der Waals surface area contributed by atoms with E-state index in [9.17, 15) is 4.39 Å². The van der Waals surface area contributed by atoms with Gasteiger partial charge in [-0.15, -0.1) is 0 Å². The molecule has 0 saturated carbocycles. The third-order valence-corrected chi connectivity index (χ3v) is 2.83. The highest BCUT2D eigenvalue weighted by molar-refractivity contribution is 5.75. The molecular formula is C14H12FN3O. The number of hydrogen-bond donors (Lipinski definition) is 2. The molecule has 3 rings (SSSR count). The number of rotatable bonds is 2. The van der Waals surface area contributed by atoms with Crippen molar-refractivity contribution in [2.75, 3.05) is 5.73 Å². The molecule has 0 amide bonds.